The van der Waals surface area contributed by atoms with Gasteiger partial charge in [-0.2, -0.15) is 0 Å². The van der Waals surface area contributed by atoms with E-state index in [1.54, 1.807) is 17.4 Å². The number of amides is 1. The standard InChI is InChI=1S/C18H21N3O3S/c1-12-10-14-6-9-25-17(14)13(2)20(12)8-7-19-18(22)15-4-3-5-16(11-15)21(23)24/h3-6,9,11-13H,7-8,10H2,1-2H3,(H,19,22)/t12-,13-/m1/s1. The van der Waals surface area contributed by atoms with Crippen LogP contribution in [0.5, 0.6) is 0 Å². The van der Waals surface area contributed by atoms with Crippen molar-refractivity contribution in [3.8, 4) is 0 Å². The Balaban J connectivity index is 1.58. The molecule has 1 aliphatic heterocycles. The number of non-ortho nitro benzene ring substituents is 1. The smallest absolute Gasteiger partial charge is 0.270 e. The predicted molar refractivity (Wildman–Crippen MR) is 98.0 cm³/mol. The lowest BCUT2D eigenvalue weighted by Crippen LogP contribution is -2.44. The molecule has 1 N–H and O–H groups in total. The Kier molecular flexibility index (Phi) is 5.15. The highest BCUT2D eigenvalue weighted by Gasteiger charge is 2.29. The number of carbonyl (C=O) groups is 1. The van der Waals surface area contributed by atoms with E-state index in [0.29, 0.717) is 24.2 Å². The Morgan fingerprint density at radius 3 is 2.96 bits per heavy atom. The summed E-state index contributed by atoms with van der Waals surface area (Å²) in [5.41, 5.74) is 1.67. The lowest BCUT2D eigenvalue weighted by atomic mass is 9.97. The van der Waals surface area contributed by atoms with Gasteiger partial charge in [-0.05, 0) is 43.3 Å². The van der Waals surface area contributed by atoms with Crippen molar-refractivity contribution < 1.29 is 9.72 Å². The van der Waals surface area contributed by atoms with Crippen molar-refractivity contribution in [1.29, 1.82) is 0 Å². The normalized spacial score (nSPS) is 20.1. The van der Waals surface area contributed by atoms with Crippen molar-refractivity contribution in [3.63, 3.8) is 0 Å². The third-order valence-electron chi connectivity index (χ3n) is 4.71. The second-order valence-corrected chi connectivity index (χ2v) is 7.29. The number of hydrogen-bond acceptors (Lipinski definition) is 5. The van der Waals surface area contributed by atoms with E-state index in [2.05, 4.69) is 35.5 Å². The van der Waals surface area contributed by atoms with Gasteiger partial charge in [0.2, 0.25) is 0 Å². The minimum Gasteiger partial charge on any atom is -0.351 e. The summed E-state index contributed by atoms with van der Waals surface area (Å²) in [6, 6.07) is 8.77. The van der Waals surface area contributed by atoms with Gasteiger partial charge in [-0.25, -0.2) is 0 Å². The maximum atomic E-state index is 12.2. The van der Waals surface area contributed by atoms with Crippen molar-refractivity contribution in [1.82, 2.24) is 10.2 Å². The highest BCUT2D eigenvalue weighted by atomic mass is 32.1. The molecule has 2 heterocycles. The fourth-order valence-corrected chi connectivity index (χ4v) is 4.44. The number of fused-ring (bicyclic) bond motifs is 1. The molecule has 132 valence electrons. The number of benzene rings is 1. The molecule has 3 rings (SSSR count). The molecule has 0 radical (unpaired) electrons. The first-order valence-electron chi connectivity index (χ1n) is 8.32. The first-order valence-corrected chi connectivity index (χ1v) is 9.20. The van der Waals surface area contributed by atoms with Crippen LogP contribution in [0.3, 0.4) is 0 Å². The van der Waals surface area contributed by atoms with Crippen LogP contribution in [-0.2, 0) is 6.42 Å². The van der Waals surface area contributed by atoms with Gasteiger partial charge in [0, 0.05) is 47.7 Å². The summed E-state index contributed by atoms with van der Waals surface area (Å²) in [6.07, 6.45) is 1.03. The molecule has 0 bridgehead atoms. The van der Waals surface area contributed by atoms with E-state index in [0.717, 1.165) is 13.0 Å². The second kappa shape index (κ2) is 7.33. The third kappa shape index (κ3) is 3.72. The lowest BCUT2D eigenvalue weighted by molar-refractivity contribution is -0.384. The number of hydrogen-bond donors (Lipinski definition) is 1. The van der Waals surface area contributed by atoms with Gasteiger partial charge in [0.05, 0.1) is 4.92 Å². The second-order valence-electron chi connectivity index (χ2n) is 6.34. The fourth-order valence-electron chi connectivity index (χ4n) is 3.43. The summed E-state index contributed by atoms with van der Waals surface area (Å²) in [7, 11) is 0. The number of nitro groups is 1. The van der Waals surface area contributed by atoms with E-state index in [4.69, 9.17) is 0 Å². The monoisotopic (exact) mass is 359 g/mol. The van der Waals surface area contributed by atoms with E-state index in [1.165, 1.54) is 28.6 Å². The molecule has 1 aromatic heterocycles. The number of nitro benzene ring substituents is 1. The van der Waals surface area contributed by atoms with Crippen molar-refractivity contribution >= 4 is 22.9 Å². The van der Waals surface area contributed by atoms with Gasteiger partial charge in [-0.3, -0.25) is 19.8 Å². The maximum absolute atomic E-state index is 12.2. The van der Waals surface area contributed by atoms with Crippen LogP contribution in [0.1, 0.15) is 40.7 Å². The van der Waals surface area contributed by atoms with Crippen molar-refractivity contribution in [2.45, 2.75) is 32.4 Å². The minimum atomic E-state index is -0.494. The van der Waals surface area contributed by atoms with Gasteiger partial charge in [0.15, 0.2) is 0 Å². The Bertz CT molecular complexity index is 789. The van der Waals surface area contributed by atoms with E-state index in [1.807, 2.05) is 0 Å². The molecule has 6 nitrogen and oxygen atoms in total. The van der Waals surface area contributed by atoms with Crippen LogP contribution >= 0.6 is 11.3 Å². The molecule has 0 saturated carbocycles. The summed E-state index contributed by atoms with van der Waals surface area (Å²) in [4.78, 5) is 26.4. The molecule has 0 aliphatic carbocycles. The molecule has 2 atom stereocenters. The van der Waals surface area contributed by atoms with Gasteiger partial charge in [-0.15, -0.1) is 11.3 Å². The van der Waals surface area contributed by atoms with Crippen LogP contribution in [0.15, 0.2) is 35.7 Å². The summed E-state index contributed by atoms with van der Waals surface area (Å²) < 4.78 is 0. The first-order chi connectivity index (χ1) is 12.0. The minimum absolute atomic E-state index is 0.0730. The number of carbonyl (C=O) groups excluding carboxylic acids is 1. The highest BCUT2D eigenvalue weighted by molar-refractivity contribution is 7.10. The Morgan fingerprint density at radius 2 is 2.20 bits per heavy atom. The van der Waals surface area contributed by atoms with Gasteiger partial charge in [-0.1, -0.05) is 6.07 Å². The molecule has 1 amide bonds. The number of thiophene rings is 1. The zero-order valence-corrected chi connectivity index (χ0v) is 15.1. The zero-order valence-electron chi connectivity index (χ0n) is 14.3. The average molecular weight is 359 g/mol. The van der Waals surface area contributed by atoms with E-state index >= 15 is 0 Å². The van der Waals surface area contributed by atoms with Crippen LogP contribution in [-0.4, -0.2) is 34.9 Å². The molecule has 1 aliphatic rings. The summed E-state index contributed by atoms with van der Waals surface area (Å²) in [5, 5.41) is 15.8. The van der Waals surface area contributed by atoms with Gasteiger partial charge < -0.3 is 5.32 Å². The van der Waals surface area contributed by atoms with Crippen LogP contribution < -0.4 is 5.32 Å². The molecule has 0 spiro atoms. The van der Waals surface area contributed by atoms with E-state index in [-0.39, 0.29) is 11.6 Å². The fraction of sp³-hybridized carbons (Fsp3) is 0.389. The SMILES string of the molecule is C[C@@H]1Cc2ccsc2[C@@H](C)N1CCNC(=O)c1cccc([N+](=O)[O-])c1. The summed E-state index contributed by atoms with van der Waals surface area (Å²) >= 11 is 1.79. The van der Waals surface area contributed by atoms with Crippen molar-refractivity contribution in [2.24, 2.45) is 0 Å². The predicted octanol–water partition coefficient (Wildman–Crippen LogP) is 3.39. The Morgan fingerprint density at radius 1 is 1.40 bits per heavy atom. The van der Waals surface area contributed by atoms with Crippen LogP contribution in [0.4, 0.5) is 5.69 Å². The molecular formula is C18H21N3O3S. The first kappa shape index (κ1) is 17.6. The molecule has 0 unspecified atom stereocenters. The zero-order chi connectivity index (χ0) is 18.0. The van der Waals surface area contributed by atoms with E-state index in [9.17, 15) is 14.9 Å². The highest BCUT2D eigenvalue weighted by Crippen LogP contribution is 2.35. The van der Waals surface area contributed by atoms with Crippen molar-refractivity contribution in [2.75, 3.05) is 13.1 Å². The van der Waals surface area contributed by atoms with E-state index < -0.39 is 4.92 Å². The summed E-state index contributed by atoms with van der Waals surface area (Å²) in [6.45, 7) is 5.67. The van der Waals surface area contributed by atoms with Crippen LogP contribution in [0.2, 0.25) is 0 Å². The Labute approximate surface area is 150 Å². The van der Waals surface area contributed by atoms with Crippen LogP contribution in [0.25, 0.3) is 0 Å². The van der Waals surface area contributed by atoms with Gasteiger partial charge >= 0.3 is 0 Å². The lowest BCUT2D eigenvalue weighted by Gasteiger charge is -2.38. The van der Waals surface area contributed by atoms with Crippen molar-refractivity contribution in [3.05, 3.63) is 61.8 Å². The molecule has 2 aromatic rings. The molecule has 25 heavy (non-hydrogen) atoms. The quantitative estimate of drug-likeness (QED) is 0.656. The molecule has 1 aromatic carbocycles. The molecular weight excluding hydrogens is 338 g/mol. The maximum Gasteiger partial charge on any atom is 0.270 e. The van der Waals surface area contributed by atoms with Crippen LogP contribution in [0, 0.1) is 10.1 Å². The molecule has 0 fully saturated rings. The number of rotatable bonds is 5. The average Bonchev–Trinajstić information content (AvgIpc) is 3.06. The van der Waals surface area contributed by atoms with Gasteiger partial charge in [0.1, 0.15) is 0 Å². The topological polar surface area (TPSA) is 75.5 Å². The number of nitrogens with one attached hydrogen (secondary N) is 1. The molecule has 0 saturated heterocycles. The summed E-state index contributed by atoms with van der Waals surface area (Å²) in [5.74, 6) is -0.280. The third-order valence-corrected chi connectivity index (χ3v) is 5.84. The largest absolute Gasteiger partial charge is 0.351 e. The molecule has 7 heteroatoms. The number of nitrogens with zero attached hydrogens (tertiary/aromatic N) is 2. The Hall–Kier alpha value is -2.25. The van der Waals surface area contributed by atoms with Gasteiger partial charge in [0.25, 0.3) is 11.6 Å².